The lowest BCUT2D eigenvalue weighted by molar-refractivity contribution is 0.0959. The fourth-order valence-electron chi connectivity index (χ4n) is 3.10. The van der Waals surface area contributed by atoms with Gasteiger partial charge < -0.3 is 0 Å². The molecule has 0 aliphatic rings. The summed E-state index contributed by atoms with van der Waals surface area (Å²) < 4.78 is 4.53. The number of anilines is 1. The van der Waals surface area contributed by atoms with Gasteiger partial charge in [-0.2, -0.15) is 4.98 Å². The quantitative estimate of drug-likeness (QED) is 0.272. The van der Waals surface area contributed by atoms with Gasteiger partial charge in [0.25, 0.3) is 11.9 Å². The Balaban J connectivity index is 1.30. The Morgan fingerprint density at radius 3 is 2.58 bits per heavy atom. The minimum Gasteiger partial charge on any atom is -0.294 e. The van der Waals surface area contributed by atoms with E-state index in [2.05, 4.69) is 41.8 Å². The summed E-state index contributed by atoms with van der Waals surface area (Å²) in [6.07, 6.45) is 3.75. The first-order valence-electron chi connectivity index (χ1n) is 9.40. The second-order valence-electron chi connectivity index (χ2n) is 6.58. The lowest BCUT2D eigenvalue weighted by atomic mass is 10.2. The second kappa shape index (κ2) is 8.40. The van der Waals surface area contributed by atoms with Crippen molar-refractivity contribution in [3.8, 4) is 0 Å². The number of nitrogens with zero attached hydrogens (tertiary/aromatic N) is 5. The lowest BCUT2D eigenvalue weighted by Gasteiger charge is -2.09. The molecule has 0 saturated carbocycles. The van der Waals surface area contributed by atoms with Crippen LogP contribution in [0.4, 0.5) is 5.95 Å². The minimum absolute atomic E-state index is 0.268. The monoisotopic (exact) mass is 493 g/mol. The van der Waals surface area contributed by atoms with Crippen LogP contribution < -0.4 is 10.9 Å². The van der Waals surface area contributed by atoms with E-state index in [1.165, 1.54) is 0 Å². The number of carbonyl (C=O) groups is 1. The minimum atomic E-state index is -0.268. The van der Waals surface area contributed by atoms with Crippen molar-refractivity contribution < 1.29 is 4.79 Å². The molecule has 4 heterocycles. The van der Waals surface area contributed by atoms with Gasteiger partial charge in [-0.25, -0.2) is 9.50 Å². The number of amides is 1. The van der Waals surface area contributed by atoms with E-state index in [9.17, 15) is 4.79 Å². The highest BCUT2D eigenvalue weighted by atomic mass is 79.9. The zero-order valence-electron chi connectivity index (χ0n) is 16.1. The normalized spacial score (nSPS) is 11.1. The predicted molar refractivity (Wildman–Crippen MR) is 123 cm³/mol. The lowest BCUT2D eigenvalue weighted by Crippen LogP contribution is -2.30. The molecule has 0 unspecified atom stereocenters. The molecule has 0 aliphatic heterocycles. The topological polar surface area (TPSA) is 88.6 Å². The molecule has 2 N–H and O–H groups in total. The molecule has 0 atom stereocenters. The van der Waals surface area contributed by atoms with Crippen LogP contribution in [0.3, 0.4) is 0 Å². The van der Waals surface area contributed by atoms with Gasteiger partial charge >= 0.3 is 0 Å². The Bertz CT molecular complexity index is 1360. The van der Waals surface area contributed by atoms with Crippen LogP contribution in [0.2, 0.25) is 0 Å². The molecule has 0 fully saturated rings. The van der Waals surface area contributed by atoms with E-state index in [0.29, 0.717) is 22.9 Å². The van der Waals surface area contributed by atoms with Gasteiger partial charge in [0.2, 0.25) is 0 Å². The molecule has 4 aromatic heterocycles. The molecule has 5 rings (SSSR count). The van der Waals surface area contributed by atoms with Crippen LogP contribution in [0.1, 0.15) is 16.1 Å². The van der Waals surface area contributed by atoms with Crippen LogP contribution in [0.5, 0.6) is 0 Å². The number of pyridine rings is 2. The highest BCUT2D eigenvalue weighted by Gasteiger charge is 2.15. The first-order valence-corrected chi connectivity index (χ1v) is 11.2. The zero-order chi connectivity index (χ0) is 21.2. The van der Waals surface area contributed by atoms with Crippen molar-refractivity contribution in [2.75, 3.05) is 5.43 Å². The number of benzene rings is 1. The number of halogens is 1. The standard InChI is InChI=1S/C21H16BrN7OS/c22-19-15(23-17-9-3-5-11-28(17)19)13-31-16-8-2-1-7-14(16)20(30)25-26-21-24-18-10-4-6-12-29(18)27-21/h1-12H,13H2,(H,25,30)(H,26,27). The summed E-state index contributed by atoms with van der Waals surface area (Å²) in [6, 6.07) is 18.9. The maximum Gasteiger partial charge on any atom is 0.270 e. The molecule has 10 heteroatoms. The van der Waals surface area contributed by atoms with Crippen LogP contribution in [0.15, 0.2) is 82.6 Å². The smallest absolute Gasteiger partial charge is 0.270 e. The number of imidazole rings is 1. The Labute approximate surface area is 189 Å². The number of thioether (sulfide) groups is 1. The third kappa shape index (κ3) is 3.99. The summed E-state index contributed by atoms with van der Waals surface area (Å²) in [6.45, 7) is 0. The third-order valence-corrected chi connectivity index (χ3v) is 6.49. The van der Waals surface area contributed by atoms with E-state index in [1.807, 2.05) is 65.2 Å². The SMILES string of the molecule is O=C(NNc1nc2ccccn2n1)c1ccccc1SCc1nc2ccccn2c1Br. The predicted octanol–water partition coefficient (Wildman–Crippen LogP) is 4.19. The molecule has 0 aliphatic carbocycles. The number of nitrogens with one attached hydrogen (secondary N) is 2. The molecule has 1 aromatic carbocycles. The Hall–Kier alpha value is -3.37. The maximum atomic E-state index is 12.8. The number of rotatable bonds is 6. The van der Waals surface area contributed by atoms with Gasteiger partial charge in [-0.05, 0) is 52.3 Å². The molecule has 0 radical (unpaired) electrons. The molecule has 8 nitrogen and oxygen atoms in total. The zero-order valence-corrected chi connectivity index (χ0v) is 18.5. The molecule has 5 aromatic rings. The van der Waals surface area contributed by atoms with E-state index in [-0.39, 0.29) is 5.91 Å². The molecule has 1 amide bonds. The van der Waals surface area contributed by atoms with Gasteiger partial charge in [-0.3, -0.25) is 20.0 Å². The Morgan fingerprint density at radius 1 is 0.968 bits per heavy atom. The first kappa shape index (κ1) is 19.6. The van der Waals surface area contributed by atoms with E-state index < -0.39 is 0 Å². The van der Waals surface area contributed by atoms with E-state index in [0.717, 1.165) is 20.8 Å². The number of carbonyl (C=O) groups excluding carboxylic acids is 1. The highest BCUT2D eigenvalue weighted by molar-refractivity contribution is 9.10. The van der Waals surface area contributed by atoms with Crippen LogP contribution in [0.25, 0.3) is 11.3 Å². The van der Waals surface area contributed by atoms with Crippen LogP contribution in [0, 0.1) is 0 Å². The maximum absolute atomic E-state index is 12.8. The number of hydrogen-bond donors (Lipinski definition) is 2. The van der Waals surface area contributed by atoms with Crippen molar-refractivity contribution in [3.63, 3.8) is 0 Å². The fourth-order valence-corrected chi connectivity index (χ4v) is 4.80. The summed E-state index contributed by atoms with van der Waals surface area (Å²) in [5, 5.41) is 4.27. The van der Waals surface area contributed by atoms with Gasteiger partial charge in [-0.1, -0.05) is 24.3 Å². The van der Waals surface area contributed by atoms with Crippen molar-refractivity contribution in [3.05, 3.63) is 88.9 Å². The van der Waals surface area contributed by atoms with Crippen LogP contribution >= 0.6 is 27.7 Å². The molecular formula is C21H16BrN7OS. The molecule has 0 saturated heterocycles. The van der Waals surface area contributed by atoms with Crippen molar-refractivity contribution >= 4 is 50.8 Å². The van der Waals surface area contributed by atoms with E-state index in [4.69, 9.17) is 0 Å². The number of aromatic nitrogens is 5. The summed E-state index contributed by atoms with van der Waals surface area (Å²) in [4.78, 5) is 22.6. The van der Waals surface area contributed by atoms with E-state index in [1.54, 1.807) is 28.5 Å². The number of fused-ring (bicyclic) bond motifs is 2. The van der Waals surface area contributed by atoms with E-state index >= 15 is 0 Å². The van der Waals surface area contributed by atoms with Gasteiger partial charge in [0.15, 0.2) is 5.65 Å². The van der Waals surface area contributed by atoms with Crippen molar-refractivity contribution in [1.82, 2.24) is 29.4 Å². The van der Waals surface area contributed by atoms with Crippen LogP contribution in [-0.4, -0.2) is 29.9 Å². The Morgan fingerprint density at radius 2 is 1.74 bits per heavy atom. The summed E-state index contributed by atoms with van der Waals surface area (Å²) in [5.41, 5.74) is 8.50. The summed E-state index contributed by atoms with van der Waals surface area (Å²) in [7, 11) is 0. The van der Waals surface area contributed by atoms with Gasteiger partial charge in [-0.15, -0.1) is 16.9 Å². The van der Waals surface area contributed by atoms with Crippen molar-refractivity contribution in [1.29, 1.82) is 0 Å². The van der Waals surface area contributed by atoms with Gasteiger partial charge in [0, 0.05) is 23.0 Å². The Kier molecular flexibility index (Phi) is 5.31. The second-order valence-corrected chi connectivity index (χ2v) is 8.35. The number of hydrazine groups is 1. The molecular weight excluding hydrogens is 478 g/mol. The largest absolute Gasteiger partial charge is 0.294 e. The summed E-state index contributed by atoms with van der Waals surface area (Å²) >= 11 is 5.17. The summed E-state index contributed by atoms with van der Waals surface area (Å²) in [5.74, 6) is 0.669. The van der Waals surface area contributed by atoms with Crippen LogP contribution in [-0.2, 0) is 5.75 Å². The number of hydrogen-bond acceptors (Lipinski definition) is 6. The molecule has 0 bridgehead atoms. The van der Waals surface area contributed by atoms with Crippen molar-refractivity contribution in [2.24, 2.45) is 0 Å². The fraction of sp³-hybridized carbons (Fsp3) is 0.0476. The van der Waals surface area contributed by atoms with Gasteiger partial charge in [0.1, 0.15) is 10.3 Å². The molecule has 154 valence electrons. The first-order chi connectivity index (χ1) is 15.2. The average molecular weight is 494 g/mol. The average Bonchev–Trinajstić information content (AvgIpc) is 3.37. The molecule has 0 spiro atoms. The van der Waals surface area contributed by atoms with Gasteiger partial charge in [0.05, 0.1) is 11.3 Å². The van der Waals surface area contributed by atoms with Crippen molar-refractivity contribution in [2.45, 2.75) is 10.6 Å². The highest BCUT2D eigenvalue weighted by Crippen LogP contribution is 2.29. The third-order valence-electron chi connectivity index (χ3n) is 4.56. The molecule has 31 heavy (non-hydrogen) atoms.